The lowest BCUT2D eigenvalue weighted by molar-refractivity contribution is -0.139. The molecule has 1 aromatic carbocycles. The van der Waals surface area contributed by atoms with Crippen LogP contribution < -0.4 is 5.32 Å². The second-order valence-electron chi connectivity index (χ2n) is 5.23. The van der Waals surface area contributed by atoms with Gasteiger partial charge in [0.25, 0.3) is 5.91 Å². The lowest BCUT2D eigenvalue weighted by Crippen LogP contribution is -2.35. The van der Waals surface area contributed by atoms with Crippen LogP contribution in [0.1, 0.15) is 11.7 Å². The number of nitrogens with one attached hydrogen (secondary N) is 1. The maximum Gasteiger partial charge on any atom is 0.256 e. The highest BCUT2D eigenvalue weighted by molar-refractivity contribution is 5.82. The molecule has 96 valence electrons. The van der Waals surface area contributed by atoms with Crippen LogP contribution in [0.2, 0.25) is 0 Å². The molecular weight excluding hydrogens is 228 g/mol. The molecule has 3 atom stereocenters. The van der Waals surface area contributed by atoms with Crippen molar-refractivity contribution in [2.45, 2.75) is 6.10 Å². The fraction of sp³-hybridized carbons (Fsp3) is 0.500. The molecule has 0 bridgehead atoms. The first-order valence-corrected chi connectivity index (χ1v) is 6.48. The maximum atomic E-state index is 12.2. The Morgan fingerprint density at radius 3 is 2.44 bits per heavy atom. The summed E-state index contributed by atoms with van der Waals surface area (Å²) >= 11 is 0. The van der Waals surface area contributed by atoms with Crippen molar-refractivity contribution < 1.29 is 9.90 Å². The smallest absolute Gasteiger partial charge is 0.256 e. The fourth-order valence-electron chi connectivity index (χ4n) is 2.99. The molecule has 3 unspecified atom stereocenters. The van der Waals surface area contributed by atoms with Gasteiger partial charge in [-0.15, -0.1) is 0 Å². The molecule has 0 spiro atoms. The Hall–Kier alpha value is -1.39. The Kier molecular flexibility index (Phi) is 3.06. The zero-order valence-electron chi connectivity index (χ0n) is 10.2. The van der Waals surface area contributed by atoms with E-state index in [0.29, 0.717) is 17.4 Å². The van der Waals surface area contributed by atoms with Crippen LogP contribution in [0.5, 0.6) is 0 Å². The SMILES string of the molecule is O=C(C(O)c1ccccc1)N1CC2CNCC2C1. The molecule has 2 saturated heterocycles. The lowest BCUT2D eigenvalue weighted by Gasteiger charge is -2.21. The number of amides is 1. The van der Waals surface area contributed by atoms with Gasteiger partial charge in [0.05, 0.1) is 0 Å². The van der Waals surface area contributed by atoms with Crippen molar-refractivity contribution in [3.63, 3.8) is 0 Å². The van der Waals surface area contributed by atoms with Gasteiger partial charge in [-0.1, -0.05) is 30.3 Å². The standard InChI is InChI=1S/C14H18N2O2/c17-13(10-4-2-1-3-5-10)14(18)16-8-11-6-15-7-12(11)9-16/h1-5,11-13,15,17H,6-9H2. The number of hydrogen-bond donors (Lipinski definition) is 2. The van der Waals surface area contributed by atoms with Gasteiger partial charge in [0, 0.05) is 26.2 Å². The third-order valence-corrected chi connectivity index (χ3v) is 4.05. The van der Waals surface area contributed by atoms with E-state index in [0.717, 1.165) is 26.2 Å². The highest BCUT2D eigenvalue weighted by atomic mass is 16.3. The molecule has 2 heterocycles. The number of benzene rings is 1. The van der Waals surface area contributed by atoms with Crippen molar-refractivity contribution in [3.05, 3.63) is 35.9 Å². The summed E-state index contributed by atoms with van der Waals surface area (Å²) in [5, 5.41) is 13.5. The normalized spacial score (nSPS) is 28.2. The highest BCUT2D eigenvalue weighted by Gasteiger charge is 2.39. The minimum absolute atomic E-state index is 0.157. The number of likely N-dealkylation sites (tertiary alicyclic amines) is 1. The number of hydrogen-bond acceptors (Lipinski definition) is 3. The number of nitrogens with zero attached hydrogens (tertiary/aromatic N) is 1. The van der Waals surface area contributed by atoms with Crippen LogP contribution in [-0.2, 0) is 4.79 Å². The zero-order chi connectivity index (χ0) is 12.5. The van der Waals surface area contributed by atoms with Gasteiger partial charge in [-0.05, 0) is 17.4 Å². The summed E-state index contributed by atoms with van der Waals surface area (Å²) in [4.78, 5) is 14.0. The summed E-state index contributed by atoms with van der Waals surface area (Å²) in [6.07, 6.45) is -1.02. The van der Waals surface area contributed by atoms with Gasteiger partial charge >= 0.3 is 0 Å². The Morgan fingerprint density at radius 1 is 1.22 bits per heavy atom. The predicted octanol–water partition coefficient (Wildman–Crippen LogP) is 0.398. The Morgan fingerprint density at radius 2 is 1.83 bits per heavy atom. The van der Waals surface area contributed by atoms with E-state index < -0.39 is 6.10 Å². The molecule has 0 aromatic heterocycles. The first kappa shape index (κ1) is 11.7. The molecule has 18 heavy (non-hydrogen) atoms. The summed E-state index contributed by atoms with van der Waals surface area (Å²) in [6, 6.07) is 9.15. The molecule has 0 aliphatic carbocycles. The van der Waals surface area contributed by atoms with E-state index in [1.807, 2.05) is 23.1 Å². The number of carbonyl (C=O) groups excluding carboxylic acids is 1. The van der Waals surface area contributed by atoms with Gasteiger partial charge in [-0.3, -0.25) is 4.79 Å². The summed E-state index contributed by atoms with van der Waals surface area (Å²) < 4.78 is 0. The van der Waals surface area contributed by atoms with E-state index in [2.05, 4.69) is 5.32 Å². The van der Waals surface area contributed by atoms with Gasteiger partial charge in [0.15, 0.2) is 6.10 Å². The van der Waals surface area contributed by atoms with Gasteiger partial charge in [0.1, 0.15) is 0 Å². The van der Waals surface area contributed by atoms with Crippen molar-refractivity contribution in [2.75, 3.05) is 26.2 Å². The summed E-state index contributed by atoms with van der Waals surface area (Å²) in [6.45, 7) is 3.55. The van der Waals surface area contributed by atoms with Crippen molar-refractivity contribution in [3.8, 4) is 0 Å². The second kappa shape index (κ2) is 4.71. The summed E-state index contributed by atoms with van der Waals surface area (Å²) in [5.74, 6) is 0.976. The van der Waals surface area contributed by atoms with E-state index in [4.69, 9.17) is 0 Å². The van der Waals surface area contributed by atoms with E-state index in [9.17, 15) is 9.90 Å². The van der Waals surface area contributed by atoms with Gasteiger partial charge in [0.2, 0.25) is 0 Å². The Bertz CT molecular complexity index is 423. The van der Waals surface area contributed by atoms with Crippen molar-refractivity contribution in [1.82, 2.24) is 10.2 Å². The van der Waals surface area contributed by atoms with Crippen LogP contribution in [0.3, 0.4) is 0 Å². The largest absolute Gasteiger partial charge is 0.378 e. The van der Waals surface area contributed by atoms with Crippen LogP contribution in [0.25, 0.3) is 0 Å². The molecule has 2 fully saturated rings. The van der Waals surface area contributed by atoms with E-state index in [-0.39, 0.29) is 5.91 Å². The van der Waals surface area contributed by atoms with Crippen LogP contribution in [0.4, 0.5) is 0 Å². The summed E-state index contributed by atoms with van der Waals surface area (Å²) in [5.41, 5.74) is 0.678. The molecule has 0 radical (unpaired) electrons. The number of rotatable bonds is 2. The Labute approximate surface area is 107 Å². The van der Waals surface area contributed by atoms with Crippen LogP contribution >= 0.6 is 0 Å². The molecule has 2 aliphatic heterocycles. The molecule has 0 saturated carbocycles. The lowest BCUT2D eigenvalue weighted by atomic mass is 10.0. The minimum atomic E-state index is -1.02. The van der Waals surface area contributed by atoms with Gasteiger partial charge in [-0.25, -0.2) is 0 Å². The molecule has 1 aromatic rings. The monoisotopic (exact) mass is 246 g/mol. The van der Waals surface area contributed by atoms with E-state index >= 15 is 0 Å². The minimum Gasteiger partial charge on any atom is -0.378 e. The van der Waals surface area contributed by atoms with Crippen LogP contribution in [0, 0.1) is 11.8 Å². The first-order valence-electron chi connectivity index (χ1n) is 6.48. The van der Waals surface area contributed by atoms with Crippen LogP contribution in [-0.4, -0.2) is 42.1 Å². The number of aliphatic hydroxyl groups excluding tert-OH is 1. The van der Waals surface area contributed by atoms with Crippen molar-refractivity contribution >= 4 is 5.91 Å². The number of carbonyl (C=O) groups is 1. The van der Waals surface area contributed by atoms with Gasteiger partial charge in [-0.2, -0.15) is 0 Å². The quantitative estimate of drug-likeness (QED) is 0.794. The molecular formula is C14H18N2O2. The van der Waals surface area contributed by atoms with Crippen molar-refractivity contribution in [1.29, 1.82) is 0 Å². The fourth-order valence-corrected chi connectivity index (χ4v) is 2.99. The average Bonchev–Trinajstić information content (AvgIpc) is 2.99. The molecule has 2 N–H and O–H groups in total. The van der Waals surface area contributed by atoms with E-state index in [1.54, 1.807) is 12.1 Å². The zero-order valence-corrected chi connectivity index (χ0v) is 10.2. The average molecular weight is 246 g/mol. The first-order chi connectivity index (χ1) is 8.75. The molecule has 3 rings (SSSR count). The third-order valence-electron chi connectivity index (χ3n) is 4.05. The van der Waals surface area contributed by atoms with Crippen LogP contribution in [0.15, 0.2) is 30.3 Å². The Balaban J connectivity index is 1.68. The molecule has 4 nitrogen and oxygen atoms in total. The molecule has 2 aliphatic rings. The van der Waals surface area contributed by atoms with E-state index in [1.165, 1.54) is 0 Å². The maximum absolute atomic E-state index is 12.2. The summed E-state index contributed by atoms with van der Waals surface area (Å²) in [7, 11) is 0. The van der Waals surface area contributed by atoms with Crippen molar-refractivity contribution in [2.24, 2.45) is 11.8 Å². The van der Waals surface area contributed by atoms with Gasteiger partial charge < -0.3 is 15.3 Å². The molecule has 1 amide bonds. The highest BCUT2D eigenvalue weighted by Crippen LogP contribution is 2.28. The second-order valence-corrected chi connectivity index (χ2v) is 5.23. The predicted molar refractivity (Wildman–Crippen MR) is 67.8 cm³/mol. The topological polar surface area (TPSA) is 52.6 Å². The molecule has 4 heteroatoms. The number of fused-ring (bicyclic) bond motifs is 1. The number of aliphatic hydroxyl groups is 1. The third kappa shape index (κ3) is 2.02.